The number of aliphatic hydroxyl groups is 1. The van der Waals surface area contributed by atoms with Crippen LogP contribution in [0.15, 0.2) is 71.1 Å². The van der Waals surface area contributed by atoms with Crippen molar-refractivity contribution in [2.45, 2.75) is 25.7 Å². The van der Waals surface area contributed by atoms with Gasteiger partial charge in [0.2, 0.25) is 0 Å². The van der Waals surface area contributed by atoms with E-state index < -0.39 is 41.5 Å². The van der Waals surface area contributed by atoms with Crippen LogP contribution in [-0.4, -0.2) is 30.0 Å². The van der Waals surface area contributed by atoms with Gasteiger partial charge in [-0.1, -0.05) is 24.3 Å². The second-order valence-corrected chi connectivity index (χ2v) is 7.80. The van der Waals surface area contributed by atoms with Crippen LogP contribution >= 0.6 is 0 Å². The summed E-state index contributed by atoms with van der Waals surface area (Å²) in [6.07, 6.45) is -5.57. The predicted octanol–water partition coefficient (Wildman–Crippen LogP) is 6.75. The number of aromatic nitrogens is 1. The average Bonchev–Trinajstić information content (AvgIpc) is 3.24. The number of H-pyrrole nitrogens is 1. The number of allylic oxidation sites excluding steroid dienone is 2. The molecule has 5 nitrogen and oxygen atoms in total. The van der Waals surface area contributed by atoms with Crippen LogP contribution in [0, 0.1) is 0 Å². The molecule has 1 aromatic heterocycles. The van der Waals surface area contributed by atoms with Gasteiger partial charge in [0, 0.05) is 35.0 Å². The Kier molecular flexibility index (Phi) is 8.13. The first-order valence-electron chi connectivity index (χ1n) is 10.8. The van der Waals surface area contributed by atoms with Gasteiger partial charge in [0.05, 0.1) is 29.1 Å². The molecule has 0 bridgehead atoms. The highest BCUT2D eigenvalue weighted by Crippen LogP contribution is 2.44. The van der Waals surface area contributed by atoms with Crippen LogP contribution in [0.4, 0.5) is 37.7 Å². The van der Waals surface area contributed by atoms with E-state index in [2.05, 4.69) is 27.3 Å². The third-order valence-electron chi connectivity index (χ3n) is 5.41. The summed E-state index contributed by atoms with van der Waals surface area (Å²) in [6.45, 7) is 4.11. The van der Waals surface area contributed by atoms with Crippen molar-refractivity contribution < 1.29 is 31.4 Å². The van der Waals surface area contributed by atoms with E-state index in [0.29, 0.717) is 12.1 Å². The smallest absolute Gasteiger partial charge is 0.390 e. The normalized spacial score (nSPS) is 13.2. The molecule has 36 heavy (non-hydrogen) atoms. The molecule has 0 aliphatic heterocycles. The molecule has 0 saturated carbocycles. The van der Waals surface area contributed by atoms with Crippen molar-refractivity contribution in [1.29, 1.82) is 0 Å². The van der Waals surface area contributed by atoms with Crippen LogP contribution in [0.5, 0.6) is 0 Å². The SMILES string of the molecule is C=N/C(=C\C(=C/C)Nc1cc(C(F)(F)F)c(NCCc2c[nH]c3ccccc23)c(C(F)(F)F)c1)CO. The number of aliphatic imine (C=N–C) groups is 1. The van der Waals surface area contributed by atoms with Gasteiger partial charge in [-0.05, 0) is 49.9 Å². The summed E-state index contributed by atoms with van der Waals surface area (Å²) in [4.78, 5) is 6.57. The van der Waals surface area contributed by atoms with E-state index in [-0.39, 0.29) is 24.4 Å². The molecule has 0 spiro atoms. The number of halogens is 6. The number of aromatic amines is 1. The minimum atomic E-state index is -5.06. The van der Waals surface area contributed by atoms with E-state index in [4.69, 9.17) is 0 Å². The average molecular weight is 510 g/mol. The number of hydrogen-bond donors (Lipinski definition) is 4. The van der Waals surface area contributed by atoms with Gasteiger partial charge in [-0.3, -0.25) is 4.99 Å². The molecule has 192 valence electrons. The van der Waals surface area contributed by atoms with E-state index in [9.17, 15) is 31.4 Å². The molecular formula is C25H24F6N4O. The Morgan fingerprint density at radius 1 is 1.08 bits per heavy atom. The number of aliphatic hydroxyl groups excluding tert-OH is 1. The fourth-order valence-corrected chi connectivity index (χ4v) is 3.69. The predicted molar refractivity (Wildman–Crippen MR) is 129 cm³/mol. The third-order valence-corrected chi connectivity index (χ3v) is 5.41. The number of fused-ring (bicyclic) bond motifs is 1. The quantitative estimate of drug-likeness (QED) is 0.146. The first-order chi connectivity index (χ1) is 17.0. The number of para-hydroxylation sites is 1. The van der Waals surface area contributed by atoms with Gasteiger partial charge in [0.15, 0.2) is 0 Å². The van der Waals surface area contributed by atoms with Crippen LogP contribution in [0.1, 0.15) is 23.6 Å². The molecule has 3 aromatic rings. The molecule has 11 heteroatoms. The highest BCUT2D eigenvalue weighted by atomic mass is 19.4. The summed E-state index contributed by atoms with van der Waals surface area (Å²) in [7, 11) is 0. The number of alkyl halides is 6. The topological polar surface area (TPSA) is 72.4 Å². The fourth-order valence-electron chi connectivity index (χ4n) is 3.69. The summed E-state index contributed by atoms with van der Waals surface area (Å²) in [5.74, 6) is 0. The van der Waals surface area contributed by atoms with Crippen molar-refractivity contribution in [3.63, 3.8) is 0 Å². The summed E-state index contributed by atoms with van der Waals surface area (Å²) in [5, 5.41) is 15.0. The van der Waals surface area contributed by atoms with Crippen molar-refractivity contribution in [3.05, 3.63) is 82.8 Å². The molecule has 2 aromatic carbocycles. The number of anilines is 2. The molecule has 0 unspecified atom stereocenters. The molecule has 3 rings (SSSR count). The lowest BCUT2D eigenvalue weighted by molar-refractivity contribution is -0.141. The Hall–Kier alpha value is -3.73. The number of nitrogens with zero attached hydrogens (tertiary/aromatic N) is 1. The summed E-state index contributed by atoms with van der Waals surface area (Å²) < 4.78 is 83.5. The van der Waals surface area contributed by atoms with Gasteiger partial charge in [-0.15, -0.1) is 0 Å². The minimum Gasteiger partial charge on any atom is -0.390 e. The van der Waals surface area contributed by atoms with Gasteiger partial charge in [-0.25, -0.2) is 0 Å². The number of rotatable bonds is 9. The van der Waals surface area contributed by atoms with Gasteiger partial charge >= 0.3 is 12.4 Å². The fraction of sp³-hybridized carbons (Fsp3) is 0.240. The molecule has 4 N–H and O–H groups in total. The molecule has 0 aliphatic rings. The maximum atomic E-state index is 13.9. The Balaban J connectivity index is 1.98. The van der Waals surface area contributed by atoms with Crippen molar-refractivity contribution in [3.8, 4) is 0 Å². The zero-order chi connectivity index (χ0) is 26.5. The van der Waals surface area contributed by atoms with Gasteiger partial charge in [0.1, 0.15) is 0 Å². The highest BCUT2D eigenvalue weighted by Gasteiger charge is 2.41. The summed E-state index contributed by atoms with van der Waals surface area (Å²) in [6, 6.07) is 8.48. The van der Waals surface area contributed by atoms with Crippen molar-refractivity contribution in [1.82, 2.24) is 4.98 Å². The third kappa shape index (κ3) is 6.28. The highest BCUT2D eigenvalue weighted by molar-refractivity contribution is 5.83. The minimum absolute atomic E-state index is 0.0817. The molecule has 0 aliphatic carbocycles. The summed E-state index contributed by atoms with van der Waals surface area (Å²) >= 11 is 0. The van der Waals surface area contributed by atoms with Crippen molar-refractivity contribution >= 4 is 29.0 Å². The van der Waals surface area contributed by atoms with E-state index >= 15 is 0 Å². The van der Waals surface area contributed by atoms with Gasteiger partial charge in [-0.2, -0.15) is 26.3 Å². The molecule has 1 heterocycles. The van der Waals surface area contributed by atoms with E-state index in [1.807, 2.05) is 18.2 Å². The second kappa shape index (κ2) is 10.9. The number of nitrogens with one attached hydrogen (secondary N) is 3. The Morgan fingerprint density at radius 2 is 1.72 bits per heavy atom. The van der Waals surface area contributed by atoms with Crippen LogP contribution in [0.3, 0.4) is 0 Å². The van der Waals surface area contributed by atoms with Crippen LogP contribution in [0.2, 0.25) is 0 Å². The zero-order valence-electron chi connectivity index (χ0n) is 19.2. The standard InChI is InChI=1S/C25H24F6N4O/c1-3-16(10-18(14-36)32-2)35-17-11-20(24(26,27)28)23(21(12-17)25(29,30)31)33-9-8-15-13-34-22-7-5-4-6-19(15)22/h3-7,10-13,33-36H,2,8-9,14H2,1H3/b16-3+,18-10-. The van der Waals surface area contributed by atoms with E-state index in [1.165, 1.54) is 19.1 Å². The number of benzene rings is 2. The molecule has 0 saturated heterocycles. The van der Waals surface area contributed by atoms with Crippen LogP contribution in [-0.2, 0) is 18.8 Å². The Bertz CT molecular complexity index is 1250. The molecule has 0 atom stereocenters. The van der Waals surface area contributed by atoms with Crippen LogP contribution < -0.4 is 10.6 Å². The lowest BCUT2D eigenvalue weighted by atomic mass is 10.0. The van der Waals surface area contributed by atoms with E-state index in [1.54, 1.807) is 12.3 Å². The van der Waals surface area contributed by atoms with Crippen molar-refractivity contribution in [2.24, 2.45) is 4.99 Å². The molecule has 0 fully saturated rings. The lowest BCUT2D eigenvalue weighted by Gasteiger charge is -2.22. The zero-order valence-corrected chi connectivity index (χ0v) is 19.2. The first-order valence-corrected chi connectivity index (χ1v) is 10.8. The number of hydrogen-bond acceptors (Lipinski definition) is 4. The second-order valence-electron chi connectivity index (χ2n) is 7.80. The molecule has 0 amide bonds. The lowest BCUT2D eigenvalue weighted by Crippen LogP contribution is -2.19. The van der Waals surface area contributed by atoms with Gasteiger partial charge < -0.3 is 20.7 Å². The molecule has 0 radical (unpaired) electrons. The van der Waals surface area contributed by atoms with Crippen molar-refractivity contribution in [2.75, 3.05) is 23.8 Å². The first kappa shape index (κ1) is 26.9. The van der Waals surface area contributed by atoms with Gasteiger partial charge in [0.25, 0.3) is 0 Å². The summed E-state index contributed by atoms with van der Waals surface area (Å²) in [5.41, 5.74) is -2.58. The van der Waals surface area contributed by atoms with E-state index in [0.717, 1.165) is 16.5 Å². The Morgan fingerprint density at radius 3 is 2.28 bits per heavy atom. The maximum Gasteiger partial charge on any atom is 0.418 e. The molecular weight excluding hydrogens is 486 g/mol. The maximum absolute atomic E-state index is 13.9. The van der Waals surface area contributed by atoms with Crippen LogP contribution in [0.25, 0.3) is 10.9 Å². The Labute approximate surface area is 203 Å². The largest absolute Gasteiger partial charge is 0.418 e. The monoisotopic (exact) mass is 510 g/mol.